The molecule has 0 aliphatic heterocycles. The van der Waals surface area contributed by atoms with Gasteiger partial charge in [0.1, 0.15) is 21.0 Å². The van der Waals surface area contributed by atoms with Crippen molar-refractivity contribution in [3.63, 3.8) is 0 Å². The summed E-state index contributed by atoms with van der Waals surface area (Å²) in [7, 11) is 1.67. The SMILES string of the molecule is CC(C)(C)O[SiH3].[SiH3]OCc1ccccc1. The minimum Gasteiger partial charge on any atom is -0.424 e. The molecule has 15 heavy (non-hydrogen) atoms. The van der Waals surface area contributed by atoms with Gasteiger partial charge in [-0.15, -0.1) is 0 Å². The molecule has 0 aliphatic rings. The van der Waals surface area contributed by atoms with Crippen LogP contribution in [-0.2, 0) is 15.5 Å². The highest BCUT2D eigenvalue weighted by molar-refractivity contribution is 5.98. The van der Waals surface area contributed by atoms with Crippen LogP contribution in [0.3, 0.4) is 0 Å². The van der Waals surface area contributed by atoms with Crippen LogP contribution in [0.25, 0.3) is 0 Å². The Hall–Kier alpha value is -0.426. The monoisotopic (exact) mass is 242 g/mol. The molecule has 0 unspecified atom stereocenters. The topological polar surface area (TPSA) is 18.5 Å². The first-order valence-corrected chi connectivity index (χ1v) is 6.71. The van der Waals surface area contributed by atoms with Gasteiger partial charge in [-0.2, -0.15) is 0 Å². The minimum absolute atomic E-state index is 0.103. The fraction of sp³-hybridized carbons (Fsp3) is 0.455. The maximum Gasteiger partial charge on any atom is 0.146 e. The van der Waals surface area contributed by atoms with Gasteiger partial charge in [-0.05, 0) is 26.3 Å². The van der Waals surface area contributed by atoms with Gasteiger partial charge in [0, 0.05) is 5.60 Å². The van der Waals surface area contributed by atoms with Gasteiger partial charge >= 0.3 is 0 Å². The molecule has 0 radical (unpaired) electrons. The highest BCUT2D eigenvalue weighted by Crippen LogP contribution is 2.01. The van der Waals surface area contributed by atoms with Crippen LogP contribution in [0.5, 0.6) is 0 Å². The molecule has 0 saturated carbocycles. The van der Waals surface area contributed by atoms with E-state index < -0.39 is 0 Å². The lowest BCUT2D eigenvalue weighted by Crippen LogP contribution is -2.16. The highest BCUT2D eigenvalue weighted by Gasteiger charge is 2.03. The molecule has 4 heteroatoms. The van der Waals surface area contributed by atoms with Crippen LogP contribution in [-0.4, -0.2) is 26.6 Å². The van der Waals surface area contributed by atoms with Crippen LogP contribution in [0.4, 0.5) is 0 Å². The molecule has 0 fully saturated rings. The third kappa shape index (κ3) is 9.87. The van der Waals surface area contributed by atoms with E-state index in [0.717, 1.165) is 27.6 Å². The summed E-state index contributed by atoms with van der Waals surface area (Å²) in [5.74, 6) is 0. The quantitative estimate of drug-likeness (QED) is 0.706. The van der Waals surface area contributed by atoms with E-state index in [1.165, 1.54) is 5.56 Å². The summed E-state index contributed by atoms with van der Waals surface area (Å²) in [6.07, 6.45) is 0. The summed E-state index contributed by atoms with van der Waals surface area (Å²) in [4.78, 5) is 0. The van der Waals surface area contributed by atoms with E-state index in [0.29, 0.717) is 0 Å². The third-order valence-corrected chi connectivity index (χ3v) is 3.28. The van der Waals surface area contributed by atoms with Gasteiger partial charge in [0.2, 0.25) is 0 Å². The maximum atomic E-state index is 5.08. The Bertz CT molecular complexity index is 245. The van der Waals surface area contributed by atoms with E-state index in [1.807, 2.05) is 18.2 Å². The Kier molecular flexibility index (Phi) is 7.59. The summed E-state index contributed by atoms with van der Waals surface area (Å²) in [5, 5.41) is 0. The molecule has 1 aromatic carbocycles. The first-order chi connectivity index (χ1) is 6.99. The highest BCUT2D eigenvalue weighted by atomic mass is 28.2. The second kappa shape index (κ2) is 7.81. The zero-order valence-corrected chi connectivity index (χ0v) is 14.4. The molecule has 0 saturated heterocycles. The third-order valence-electron chi connectivity index (χ3n) is 1.77. The van der Waals surface area contributed by atoms with E-state index >= 15 is 0 Å². The molecule has 0 N–H and O–H groups in total. The molecule has 0 heterocycles. The van der Waals surface area contributed by atoms with Gasteiger partial charge in [-0.1, -0.05) is 30.3 Å². The Balaban J connectivity index is 0.000000288. The standard InChI is InChI=1S/C7H10OSi.C4H12OSi/c9-8-6-7-4-2-1-3-5-7;1-4(2,3)5-6/h1-5H,6H2,9H3;1-3,6H3. The van der Waals surface area contributed by atoms with Gasteiger partial charge in [0.15, 0.2) is 0 Å². The van der Waals surface area contributed by atoms with Crippen molar-refractivity contribution >= 4 is 21.0 Å². The Morgan fingerprint density at radius 3 is 1.87 bits per heavy atom. The van der Waals surface area contributed by atoms with E-state index in [9.17, 15) is 0 Å². The van der Waals surface area contributed by atoms with Gasteiger partial charge in [-0.25, -0.2) is 0 Å². The average Bonchev–Trinajstić information content (AvgIpc) is 2.20. The van der Waals surface area contributed by atoms with Gasteiger partial charge < -0.3 is 8.85 Å². The van der Waals surface area contributed by atoms with Crippen molar-refractivity contribution in [2.75, 3.05) is 0 Å². The van der Waals surface area contributed by atoms with E-state index in [-0.39, 0.29) is 5.60 Å². The van der Waals surface area contributed by atoms with Crippen molar-refractivity contribution < 1.29 is 8.85 Å². The molecule has 0 amide bonds. The summed E-state index contributed by atoms with van der Waals surface area (Å²) in [6, 6.07) is 10.2. The number of benzene rings is 1. The van der Waals surface area contributed by atoms with E-state index in [2.05, 4.69) is 32.9 Å². The second-order valence-corrected chi connectivity index (χ2v) is 5.22. The van der Waals surface area contributed by atoms with Gasteiger partial charge in [-0.3, -0.25) is 0 Å². The van der Waals surface area contributed by atoms with Crippen LogP contribution >= 0.6 is 0 Å². The van der Waals surface area contributed by atoms with Crippen molar-refractivity contribution in [1.29, 1.82) is 0 Å². The molecule has 0 atom stereocenters. The van der Waals surface area contributed by atoms with Crippen molar-refractivity contribution in [3.05, 3.63) is 35.9 Å². The lowest BCUT2D eigenvalue weighted by Gasteiger charge is -2.15. The maximum absolute atomic E-state index is 5.08. The zero-order valence-electron chi connectivity index (χ0n) is 10.4. The normalized spacial score (nSPS) is 10.9. The van der Waals surface area contributed by atoms with Gasteiger partial charge in [0.25, 0.3) is 0 Å². The van der Waals surface area contributed by atoms with Crippen molar-refractivity contribution in [2.24, 2.45) is 0 Å². The number of hydrogen-bond donors (Lipinski definition) is 0. The second-order valence-electron chi connectivity index (χ2n) is 4.24. The van der Waals surface area contributed by atoms with Crippen LogP contribution < -0.4 is 0 Å². The Morgan fingerprint density at radius 1 is 1.07 bits per heavy atom. The zero-order chi connectivity index (χ0) is 11.7. The summed E-state index contributed by atoms with van der Waals surface area (Å²) in [5.41, 5.74) is 1.36. The van der Waals surface area contributed by atoms with Gasteiger partial charge in [0.05, 0.1) is 6.61 Å². The lowest BCUT2D eigenvalue weighted by atomic mass is 10.2. The molecular weight excluding hydrogens is 220 g/mol. The first kappa shape index (κ1) is 14.6. The molecule has 1 rings (SSSR count). The summed E-state index contributed by atoms with van der Waals surface area (Å²) < 4.78 is 10.1. The molecule has 86 valence electrons. The van der Waals surface area contributed by atoms with E-state index in [4.69, 9.17) is 8.85 Å². The summed E-state index contributed by atoms with van der Waals surface area (Å²) in [6.45, 7) is 6.94. The van der Waals surface area contributed by atoms with Crippen LogP contribution in [0.1, 0.15) is 26.3 Å². The Labute approximate surface area is 99.1 Å². The minimum atomic E-state index is 0.103. The molecule has 1 aromatic rings. The van der Waals surface area contributed by atoms with Crippen LogP contribution in [0.15, 0.2) is 30.3 Å². The Morgan fingerprint density at radius 2 is 1.53 bits per heavy atom. The van der Waals surface area contributed by atoms with E-state index in [1.54, 1.807) is 0 Å². The smallest absolute Gasteiger partial charge is 0.146 e. The van der Waals surface area contributed by atoms with Crippen LogP contribution in [0, 0.1) is 0 Å². The number of rotatable bonds is 2. The molecule has 2 nitrogen and oxygen atoms in total. The molecule has 0 spiro atoms. The predicted molar refractivity (Wildman–Crippen MR) is 71.9 cm³/mol. The fourth-order valence-corrected chi connectivity index (χ4v) is 1.07. The lowest BCUT2D eigenvalue weighted by molar-refractivity contribution is 0.147. The molecule has 0 aliphatic carbocycles. The van der Waals surface area contributed by atoms with Crippen molar-refractivity contribution in [1.82, 2.24) is 0 Å². The predicted octanol–water partition coefficient (Wildman–Crippen LogP) is 0.565. The van der Waals surface area contributed by atoms with Crippen molar-refractivity contribution in [3.8, 4) is 0 Å². The van der Waals surface area contributed by atoms with Crippen LogP contribution in [0.2, 0.25) is 0 Å². The summed E-state index contributed by atoms with van der Waals surface area (Å²) >= 11 is 0. The molecule has 0 aromatic heterocycles. The first-order valence-electron chi connectivity index (χ1n) is 5.07. The molecular formula is C11H22O2Si2. The van der Waals surface area contributed by atoms with Crippen molar-refractivity contribution in [2.45, 2.75) is 33.0 Å². The fourth-order valence-electron chi connectivity index (χ4n) is 0.741. The molecule has 0 bridgehead atoms. The number of hydrogen-bond acceptors (Lipinski definition) is 2. The largest absolute Gasteiger partial charge is 0.424 e. The average molecular weight is 242 g/mol.